The molecule has 0 radical (unpaired) electrons. The lowest BCUT2D eigenvalue weighted by Gasteiger charge is -2.32. The zero-order chi connectivity index (χ0) is 28.0. The van der Waals surface area contributed by atoms with Crippen LogP contribution >= 0.6 is 23.1 Å². The third kappa shape index (κ3) is 7.74. The van der Waals surface area contributed by atoms with Gasteiger partial charge in [0.1, 0.15) is 17.5 Å². The second-order valence-electron chi connectivity index (χ2n) is 9.04. The number of thiazole rings is 1. The number of nitrogens with zero attached hydrogens (tertiary/aromatic N) is 2. The van der Waals surface area contributed by atoms with E-state index in [0.29, 0.717) is 49.2 Å². The summed E-state index contributed by atoms with van der Waals surface area (Å²) in [5.74, 6) is -0.117. The quantitative estimate of drug-likeness (QED) is 0.334. The van der Waals surface area contributed by atoms with Crippen LogP contribution in [-0.2, 0) is 4.79 Å². The number of thioether (sulfide) groups is 1. The number of carbonyl (C=O) groups excluding carboxylic acids is 2. The van der Waals surface area contributed by atoms with Crippen molar-refractivity contribution in [3.8, 4) is 16.9 Å². The van der Waals surface area contributed by atoms with Gasteiger partial charge in [0.2, 0.25) is 0 Å². The van der Waals surface area contributed by atoms with E-state index in [4.69, 9.17) is 0 Å². The monoisotopic (exact) mass is 579 g/mol. The SMILES string of the molecule is CSCCC(O)C(=O)N1CCC(c2nc(C(=O)Nc3ccccc3-c3ccc(OC(F)(F)F)cc3)cs2)CC1. The molecule has 208 valence electrons. The molecular formula is C27H28F3N3O4S2. The van der Waals surface area contributed by atoms with Crippen molar-refractivity contribution >= 4 is 40.6 Å². The van der Waals surface area contributed by atoms with Gasteiger partial charge >= 0.3 is 6.36 Å². The van der Waals surface area contributed by atoms with Gasteiger partial charge in [0.15, 0.2) is 0 Å². The first kappa shape index (κ1) is 28.9. The Bertz CT molecular complexity index is 1280. The van der Waals surface area contributed by atoms with Gasteiger partial charge in [-0.2, -0.15) is 11.8 Å². The topological polar surface area (TPSA) is 91.8 Å². The van der Waals surface area contributed by atoms with Gasteiger partial charge in [0.05, 0.1) is 5.01 Å². The maximum Gasteiger partial charge on any atom is 0.573 e. The Morgan fingerprint density at radius 2 is 1.87 bits per heavy atom. The molecule has 39 heavy (non-hydrogen) atoms. The highest BCUT2D eigenvalue weighted by Crippen LogP contribution is 2.33. The van der Waals surface area contributed by atoms with Crippen LogP contribution in [0.4, 0.5) is 18.9 Å². The van der Waals surface area contributed by atoms with Crippen molar-refractivity contribution in [2.24, 2.45) is 0 Å². The number of alkyl halides is 3. The van der Waals surface area contributed by atoms with E-state index in [1.165, 1.54) is 35.6 Å². The van der Waals surface area contributed by atoms with E-state index < -0.39 is 18.4 Å². The molecule has 2 amide bonds. The first-order chi connectivity index (χ1) is 18.6. The average Bonchev–Trinajstić information content (AvgIpc) is 3.42. The zero-order valence-corrected chi connectivity index (χ0v) is 22.7. The van der Waals surface area contributed by atoms with Crippen molar-refractivity contribution in [3.63, 3.8) is 0 Å². The van der Waals surface area contributed by atoms with E-state index >= 15 is 0 Å². The summed E-state index contributed by atoms with van der Waals surface area (Å²) in [7, 11) is 0. The summed E-state index contributed by atoms with van der Waals surface area (Å²) in [6.45, 7) is 1.06. The number of piperidine rings is 1. The Labute approximate surface area is 232 Å². The Kier molecular flexibility index (Phi) is 9.52. The van der Waals surface area contributed by atoms with Crippen molar-refractivity contribution in [3.05, 3.63) is 64.6 Å². The summed E-state index contributed by atoms with van der Waals surface area (Å²) in [5.41, 5.74) is 2.01. The van der Waals surface area contributed by atoms with Gasteiger partial charge in [-0.3, -0.25) is 9.59 Å². The summed E-state index contributed by atoms with van der Waals surface area (Å²) >= 11 is 2.98. The molecule has 1 atom stereocenters. The third-order valence-corrected chi connectivity index (χ3v) is 8.02. The Balaban J connectivity index is 1.37. The fourth-order valence-corrected chi connectivity index (χ4v) is 5.79. The number of benzene rings is 2. The number of likely N-dealkylation sites (tertiary alicyclic amines) is 1. The molecular weight excluding hydrogens is 551 g/mol. The minimum absolute atomic E-state index is 0.119. The molecule has 7 nitrogen and oxygen atoms in total. The second kappa shape index (κ2) is 12.8. The number of carbonyl (C=O) groups is 2. The first-order valence-corrected chi connectivity index (χ1v) is 14.6. The fourth-order valence-electron chi connectivity index (χ4n) is 4.36. The van der Waals surface area contributed by atoms with Crippen molar-refractivity contribution in [1.29, 1.82) is 0 Å². The summed E-state index contributed by atoms with van der Waals surface area (Å²) in [5, 5.41) is 15.5. The lowest BCUT2D eigenvalue weighted by Crippen LogP contribution is -2.43. The highest BCUT2D eigenvalue weighted by Gasteiger charge is 2.31. The molecule has 2 N–H and O–H groups in total. The number of halogens is 3. The number of para-hydroxylation sites is 1. The van der Waals surface area contributed by atoms with Crippen LogP contribution < -0.4 is 10.1 Å². The van der Waals surface area contributed by atoms with E-state index in [-0.39, 0.29) is 23.3 Å². The number of anilines is 1. The molecule has 0 aliphatic carbocycles. The number of ether oxygens (including phenoxy) is 1. The van der Waals surface area contributed by atoms with Crippen LogP contribution in [0, 0.1) is 0 Å². The molecule has 2 heterocycles. The predicted molar refractivity (Wildman–Crippen MR) is 146 cm³/mol. The molecule has 1 aliphatic rings. The van der Waals surface area contributed by atoms with Crippen LogP contribution in [0.3, 0.4) is 0 Å². The molecule has 0 saturated carbocycles. The lowest BCUT2D eigenvalue weighted by molar-refractivity contribution is -0.274. The third-order valence-electron chi connectivity index (χ3n) is 6.37. The van der Waals surface area contributed by atoms with Crippen LogP contribution in [0.1, 0.15) is 40.7 Å². The molecule has 4 rings (SSSR count). The molecule has 1 fully saturated rings. The number of nitrogens with one attached hydrogen (secondary N) is 1. The number of aromatic nitrogens is 1. The number of hydrogen-bond acceptors (Lipinski definition) is 7. The molecule has 1 aliphatic heterocycles. The van der Waals surface area contributed by atoms with E-state index in [1.807, 2.05) is 6.26 Å². The lowest BCUT2D eigenvalue weighted by atomic mass is 9.97. The summed E-state index contributed by atoms with van der Waals surface area (Å²) < 4.78 is 41.3. The van der Waals surface area contributed by atoms with Gasteiger partial charge in [-0.1, -0.05) is 30.3 Å². The smallest absolute Gasteiger partial charge is 0.406 e. The van der Waals surface area contributed by atoms with Gasteiger partial charge in [-0.15, -0.1) is 24.5 Å². The number of hydrogen-bond donors (Lipinski definition) is 2. The highest BCUT2D eigenvalue weighted by atomic mass is 32.2. The van der Waals surface area contributed by atoms with Crippen LogP contribution in [0.15, 0.2) is 53.9 Å². The number of rotatable bonds is 9. The first-order valence-electron chi connectivity index (χ1n) is 12.3. The number of aliphatic hydroxyl groups is 1. The summed E-state index contributed by atoms with van der Waals surface area (Å²) in [6.07, 6.45) is -1.98. The Morgan fingerprint density at radius 3 is 2.54 bits per heavy atom. The van der Waals surface area contributed by atoms with Gasteiger partial charge in [-0.05, 0) is 55.0 Å². The van der Waals surface area contributed by atoms with E-state index in [0.717, 1.165) is 10.8 Å². The minimum Gasteiger partial charge on any atom is -0.406 e. The molecule has 1 aromatic heterocycles. The molecule has 0 bridgehead atoms. The number of amides is 2. The summed E-state index contributed by atoms with van der Waals surface area (Å²) in [6, 6.07) is 12.4. The van der Waals surface area contributed by atoms with E-state index in [1.54, 1.807) is 46.3 Å². The normalized spacial score (nSPS) is 15.2. The minimum atomic E-state index is -4.77. The molecule has 12 heteroatoms. The Morgan fingerprint density at radius 1 is 1.18 bits per heavy atom. The fraction of sp³-hybridized carbons (Fsp3) is 0.370. The molecule has 0 spiro atoms. The largest absolute Gasteiger partial charge is 0.573 e. The molecule has 1 saturated heterocycles. The Hall–Kier alpha value is -3.09. The van der Waals surface area contributed by atoms with Crippen LogP contribution in [-0.4, -0.2) is 64.4 Å². The van der Waals surface area contributed by atoms with Crippen molar-refractivity contribution in [1.82, 2.24) is 9.88 Å². The summed E-state index contributed by atoms with van der Waals surface area (Å²) in [4.78, 5) is 31.7. The molecule has 2 aromatic carbocycles. The van der Waals surface area contributed by atoms with E-state index in [2.05, 4.69) is 15.0 Å². The van der Waals surface area contributed by atoms with Crippen LogP contribution in [0.2, 0.25) is 0 Å². The molecule has 3 aromatic rings. The van der Waals surface area contributed by atoms with Crippen LogP contribution in [0.5, 0.6) is 5.75 Å². The standard InChI is InChI=1S/C27H28F3N3O4S2/c1-38-15-12-23(34)26(36)33-13-10-18(11-14-33)25-32-22(16-39-25)24(35)31-21-5-3-2-4-20(21)17-6-8-19(9-7-17)37-27(28,29)30/h2-9,16,18,23,34H,10-15H2,1H3,(H,31,35). The van der Waals surface area contributed by atoms with Crippen LogP contribution in [0.25, 0.3) is 11.1 Å². The van der Waals surface area contributed by atoms with Gasteiger partial charge < -0.3 is 20.1 Å². The van der Waals surface area contributed by atoms with Gasteiger partial charge in [0.25, 0.3) is 11.8 Å². The van der Waals surface area contributed by atoms with Gasteiger partial charge in [0, 0.05) is 35.6 Å². The zero-order valence-electron chi connectivity index (χ0n) is 21.1. The van der Waals surface area contributed by atoms with E-state index in [9.17, 15) is 27.9 Å². The number of aliphatic hydroxyl groups excluding tert-OH is 1. The average molecular weight is 580 g/mol. The van der Waals surface area contributed by atoms with Crippen molar-refractivity contribution in [2.45, 2.75) is 37.6 Å². The molecule has 1 unspecified atom stereocenters. The predicted octanol–water partition coefficient (Wildman–Crippen LogP) is 5.78. The highest BCUT2D eigenvalue weighted by molar-refractivity contribution is 7.98. The van der Waals surface area contributed by atoms with Crippen molar-refractivity contribution < 1.29 is 32.6 Å². The van der Waals surface area contributed by atoms with Gasteiger partial charge in [-0.25, -0.2) is 4.98 Å². The maximum absolute atomic E-state index is 13.0. The second-order valence-corrected chi connectivity index (χ2v) is 10.9. The van der Waals surface area contributed by atoms with Crippen molar-refractivity contribution in [2.75, 3.05) is 30.4 Å². The maximum atomic E-state index is 13.0.